The predicted molar refractivity (Wildman–Crippen MR) is 99.9 cm³/mol. The molecule has 138 valence electrons. The number of aromatic nitrogens is 2. The van der Waals surface area contributed by atoms with Gasteiger partial charge in [-0.2, -0.15) is 0 Å². The molecule has 1 aromatic heterocycles. The number of hydrogen-bond donors (Lipinski definition) is 1. The van der Waals surface area contributed by atoms with Gasteiger partial charge in [-0.15, -0.1) is 0 Å². The Morgan fingerprint density at radius 2 is 1.67 bits per heavy atom. The molecule has 0 aliphatic rings. The number of carbonyl (C=O) groups is 2. The molecule has 0 aliphatic heterocycles. The molecule has 7 heteroatoms. The van der Waals surface area contributed by atoms with E-state index in [1.54, 1.807) is 24.3 Å². The lowest BCUT2D eigenvalue weighted by Crippen LogP contribution is -2.33. The van der Waals surface area contributed by atoms with Crippen molar-refractivity contribution in [2.24, 2.45) is 0 Å². The molecule has 0 aliphatic carbocycles. The fourth-order valence-corrected chi connectivity index (χ4v) is 2.69. The van der Waals surface area contributed by atoms with Crippen LogP contribution in [0.3, 0.4) is 0 Å². The first-order valence-electron chi connectivity index (χ1n) is 8.49. The molecule has 0 atom stereocenters. The van der Waals surface area contributed by atoms with Gasteiger partial charge in [0.25, 0.3) is 11.1 Å². The Labute approximate surface area is 154 Å². The maximum absolute atomic E-state index is 12.4. The summed E-state index contributed by atoms with van der Waals surface area (Å²) in [5.74, 6) is -1.13. The first kappa shape index (κ1) is 18.3. The van der Waals surface area contributed by atoms with Crippen LogP contribution in [0.4, 0.5) is 0 Å². The minimum absolute atomic E-state index is 0.209. The fraction of sp³-hybridized carbons (Fsp3) is 0.200. The molecule has 0 bridgehead atoms. The first-order valence-corrected chi connectivity index (χ1v) is 8.49. The van der Waals surface area contributed by atoms with Crippen LogP contribution in [0, 0.1) is 0 Å². The van der Waals surface area contributed by atoms with Gasteiger partial charge in [0.05, 0.1) is 10.8 Å². The Bertz CT molecular complexity index is 1110. The van der Waals surface area contributed by atoms with Gasteiger partial charge in [0.2, 0.25) is 0 Å². The SMILES string of the molecule is CCc1ccc(C(=O)COC(=O)Cn2[nH]c(=O)c3ccccc3c2=O)cc1. The number of carbonyl (C=O) groups excluding carboxylic acids is 2. The molecule has 0 fully saturated rings. The summed E-state index contributed by atoms with van der Waals surface area (Å²) in [7, 11) is 0. The fourth-order valence-electron chi connectivity index (χ4n) is 2.69. The molecule has 0 amide bonds. The van der Waals surface area contributed by atoms with E-state index in [0.717, 1.165) is 16.7 Å². The Balaban J connectivity index is 1.68. The molecule has 3 aromatic rings. The smallest absolute Gasteiger partial charge is 0.328 e. The van der Waals surface area contributed by atoms with Crippen molar-refractivity contribution >= 4 is 22.5 Å². The second-order valence-electron chi connectivity index (χ2n) is 6.01. The number of nitrogens with zero attached hydrogens (tertiary/aromatic N) is 1. The van der Waals surface area contributed by atoms with E-state index < -0.39 is 30.2 Å². The zero-order valence-electron chi connectivity index (χ0n) is 14.7. The largest absolute Gasteiger partial charge is 0.456 e. The van der Waals surface area contributed by atoms with Crippen LogP contribution in [0.5, 0.6) is 0 Å². The van der Waals surface area contributed by atoms with Crippen molar-refractivity contribution in [2.75, 3.05) is 6.61 Å². The highest BCUT2D eigenvalue weighted by Gasteiger charge is 2.13. The topological polar surface area (TPSA) is 98.2 Å². The number of hydrogen-bond acceptors (Lipinski definition) is 5. The lowest BCUT2D eigenvalue weighted by molar-refractivity contribution is -0.143. The van der Waals surface area contributed by atoms with E-state index >= 15 is 0 Å². The van der Waals surface area contributed by atoms with Crippen LogP contribution in [0.2, 0.25) is 0 Å². The van der Waals surface area contributed by atoms with E-state index in [4.69, 9.17) is 4.74 Å². The van der Waals surface area contributed by atoms with Crippen molar-refractivity contribution in [1.29, 1.82) is 0 Å². The molecule has 0 saturated carbocycles. The van der Waals surface area contributed by atoms with Gasteiger partial charge in [0.1, 0.15) is 6.54 Å². The molecule has 7 nitrogen and oxygen atoms in total. The number of fused-ring (bicyclic) bond motifs is 1. The maximum Gasteiger partial charge on any atom is 0.328 e. The quantitative estimate of drug-likeness (QED) is 0.529. The Kier molecular flexibility index (Phi) is 5.30. The molecule has 0 radical (unpaired) electrons. The number of benzene rings is 2. The number of Topliss-reactive ketones (excluding diaryl/α,β-unsaturated/α-hetero) is 1. The normalized spacial score (nSPS) is 10.7. The van der Waals surface area contributed by atoms with Crippen LogP contribution in [-0.4, -0.2) is 28.1 Å². The lowest BCUT2D eigenvalue weighted by atomic mass is 10.1. The summed E-state index contributed by atoms with van der Waals surface area (Å²) in [5.41, 5.74) is 0.549. The van der Waals surface area contributed by atoms with Gasteiger partial charge in [-0.25, -0.2) is 4.68 Å². The van der Waals surface area contributed by atoms with E-state index in [0.29, 0.717) is 5.56 Å². The summed E-state index contributed by atoms with van der Waals surface area (Å²) in [5, 5.41) is 2.80. The van der Waals surface area contributed by atoms with Gasteiger partial charge in [-0.05, 0) is 24.1 Å². The lowest BCUT2D eigenvalue weighted by Gasteiger charge is -2.08. The number of ether oxygens (including phenoxy) is 1. The van der Waals surface area contributed by atoms with E-state index in [-0.39, 0.29) is 16.6 Å². The average molecular weight is 366 g/mol. The van der Waals surface area contributed by atoms with E-state index in [1.807, 2.05) is 19.1 Å². The number of aromatic amines is 1. The summed E-state index contributed by atoms with van der Waals surface area (Å²) < 4.78 is 5.84. The number of ketones is 1. The Morgan fingerprint density at radius 3 is 2.33 bits per heavy atom. The van der Waals surface area contributed by atoms with E-state index in [2.05, 4.69) is 5.10 Å². The number of rotatable bonds is 6. The third-order valence-electron chi connectivity index (χ3n) is 4.22. The van der Waals surface area contributed by atoms with E-state index in [1.165, 1.54) is 12.1 Å². The Morgan fingerprint density at radius 1 is 1.00 bits per heavy atom. The molecule has 0 saturated heterocycles. The van der Waals surface area contributed by atoms with Crippen molar-refractivity contribution in [3.05, 3.63) is 80.4 Å². The van der Waals surface area contributed by atoms with Gasteiger partial charge < -0.3 is 4.74 Å². The highest BCUT2D eigenvalue weighted by atomic mass is 16.5. The summed E-state index contributed by atoms with van der Waals surface area (Å²) in [6.07, 6.45) is 0.863. The second-order valence-corrected chi connectivity index (χ2v) is 6.01. The van der Waals surface area contributed by atoms with E-state index in [9.17, 15) is 19.2 Å². The molecule has 0 spiro atoms. The van der Waals surface area contributed by atoms with Gasteiger partial charge in [-0.1, -0.05) is 43.3 Å². The van der Waals surface area contributed by atoms with Crippen molar-refractivity contribution in [3.8, 4) is 0 Å². The first-order chi connectivity index (χ1) is 13.0. The average Bonchev–Trinajstić information content (AvgIpc) is 2.70. The number of H-pyrrole nitrogens is 1. The van der Waals surface area contributed by atoms with Crippen LogP contribution in [0.15, 0.2) is 58.1 Å². The summed E-state index contributed by atoms with van der Waals surface area (Å²) in [6, 6.07) is 13.4. The van der Waals surface area contributed by atoms with Crippen LogP contribution in [-0.2, 0) is 22.5 Å². The molecule has 3 rings (SSSR count). The van der Waals surface area contributed by atoms with Crippen LogP contribution in [0.25, 0.3) is 10.8 Å². The third kappa shape index (κ3) is 4.03. The van der Waals surface area contributed by atoms with Crippen molar-refractivity contribution in [3.63, 3.8) is 0 Å². The molecule has 1 N–H and O–H groups in total. The standard InChI is InChI=1S/C20H18N2O5/c1-2-13-7-9-14(10-8-13)17(23)12-27-18(24)11-22-20(26)16-6-4-3-5-15(16)19(25)21-22/h3-10H,2,11-12H2,1H3,(H,21,25). The molecular weight excluding hydrogens is 348 g/mol. The van der Waals surface area contributed by atoms with Crippen molar-refractivity contribution < 1.29 is 14.3 Å². The Hall–Kier alpha value is -3.48. The molecule has 2 aromatic carbocycles. The summed E-state index contributed by atoms with van der Waals surface area (Å²) in [6.45, 7) is 1.09. The number of nitrogens with one attached hydrogen (secondary N) is 1. The van der Waals surface area contributed by atoms with Gasteiger partial charge in [0, 0.05) is 5.56 Å². The number of esters is 1. The van der Waals surface area contributed by atoms with Crippen LogP contribution >= 0.6 is 0 Å². The highest BCUT2D eigenvalue weighted by Crippen LogP contribution is 2.06. The zero-order valence-corrected chi connectivity index (χ0v) is 14.7. The van der Waals surface area contributed by atoms with Gasteiger partial charge in [-0.3, -0.25) is 24.3 Å². The summed E-state index contributed by atoms with van der Waals surface area (Å²) in [4.78, 5) is 48.5. The summed E-state index contributed by atoms with van der Waals surface area (Å²) >= 11 is 0. The van der Waals surface area contributed by atoms with Crippen molar-refractivity contribution in [2.45, 2.75) is 19.9 Å². The number of aryl methyl sites for hydroxylation is 1. The van der Waals surface area contributed by atoms with Gasteiger partial charge in [0.15, 0.2) is 12.4 Å². The third-order valence-corrected chi connectivity index (χ3v) is 4.22. The predicted octanol–water partition coefficient (Wildman–Crippen LogP) is 1.68. The van der Waals surface area contributed by atoms with Gasteiger partial charge >= 0.3 is 5.97 Å². The monoisotopic (exact) mass is 366 g/mol. The second kappa shape index (κ2) is 7.82. The minimum atomic E-state index is -0.790. The molecule has 1 heterocycles. The van der Waals surface area contributed by atoms with Crippen LogP contribution < -0.4 is 11.1 Å². The molecule has 27 heavy (non-hydrogen) atoms. The van der Waals surface area contributed by atoms with Crippen molar-refractivity contribution in [1.82, 2.24) is 9.78 Å². The molecule has 0 unspecified atom stereocenters. The maximum atomic E-state index is 12.4. The molecular formula is C20H18N2O5. The highest BCUT2D eigenvalue weighted by molar-refractivity contribution is 5.97. The zero-order chi connectivity index (χ0) is 19.4. The van der Waals surface area contributed by atoms with Crippen LogP contribution in [0.1, 0.15) is 22.8 Å². The minimum Gasteiger partial charge on any atom is -0.456 e.